The van der Waals surface area contributed by atoms with Crippen molar-refractivity contribution in [3.63, 3.8) is 0 Å². The van der Waals surface area contributed by atoms with Crippen LogP contribution in [0.1, 0.15) is 34.3 Å². The second-order valence-corrected chi connectivity index (χ2v) is 10.1. The molecule has 3 N–H and O–H groups in total. The maximum Gasteiger partial charge on any atom is 0.326 e. The van der Waals surface area contributed by atoms with Crippen molar-refractivity contribution < 1.29 is 19.1 Å². The molecule has 3 rings (SSSR count). The van der Waals surface area contributed by atoms with Crippen LogP contribution in [0.2, 0.25) is 0 Å². The molecule has 184 valence electrons. The molecule has 34 heavy (non-hydrogen) atoms. The zero-order valence-electron chi connectivity index (χ0n) is 19.5. The van der Waals surface area contributed by atoms with Gasteiger partial charge >= 0.3 is 5.97 Å². The Balaban J connectivity index is 1.86. The number of rotatable bonds is 11. The van der Waals surface area contributed by atoms with Crippen molar-refractivity contribution in [1.82, 2.24) is 10.6 Å². The lowest BCUT2D eigenvalue weighted by Gasteiger charge is -2.30. The van der Waals surface area contributed by atoms with Crippen molar-refractivity contribution in [1.29, 1.82) is 0 Å². The number of thiol groups is 1. The molecule has 0 radical (unpaired) electrons. The highest BCUT2D eigenvalue weighted by molar-refractivity contribution is 7.98. The number of aliphatic carboxylic acids is 1. The fraction of sp³-hybridized carbons (Fsp3) is 0.440. The van der Waals surface area contributed by atoms with Gasteiger partial charge in [0.1, 0.15) is 11.9 Å². The van der Waals surface area contributed by atoms with Crippen molar-refractivity contribution in [2.45, 2.75) is 43.1 Å². The number of carbonyl (C=O) groups is 2. The summed E-state index contributed by atoms with van der Waals surface area (Å²) < 4.78 is 13.3. The summed E-state index contributed by atoms with van der Waals surface area (Å²) in [6.07, 6.45) is 4.49. The Morgan fingerprint density at radius 1 is 1.26 bits per heavy atom. The summed E-state index contributed by atoms with van der Waals surface area (Å²) in [4.78, 5) is 26.9. The van der Waals surface area contributed by atoms with Crippen molar-refractivity contribution in [2.75, 3.05) is 30.5 Å². The van der Waals surface area contributed by atoms with Crippen LogP contribution in [0.25, 0.3) is 0 Å². The maximum absolute atomic E-state index is 13.3. The van der Waals surface area contributed by atoms with Gasteiger partial charge in [0.2, 0.25) is 0 Å². The van der Waals surface area contributed by atoms with Crippen LogP contribution >= 0.6 is 24.4 Å². The van der Waals surface area contributed by atoms with Gasteiger partial charge in [0.15, 0.2) is 0 Å². The van der Waals surface area contributed by atoms with Gasteiger partial charge in [-0.05, 0) is 85.7 Å². The smallest absolute Gasteiger partial charge is 0.326 e. The second-order valence-electron chi connectivity index (χ2n) is 8.48. The molecular weight excluding hydrogens is 473 g/mol. The molecule has 0 aromatic heterocycles. The van der Waals surface area contributed by atoms with E-state index in [0.717, 1.165) is 29.8 Å². The Morgan fingerprint density at radius 3 is 2.62 bits per heavy atom. The molecule has 2 aromatic carbocycles. The number of hydrogen-bond acceptors (Lipinski definition) is 6. The van der Waals surface area contributed by atoms with Crippen LogP contribution in [-0.2, 0) is 17.6 Å². The molecule has 1 amide bonds. The largest absolute Gasteiger partial charge is 0.480 e. The average Bonchev–Trinajstić information content (AvgIpc) is 3.26. The number of aryl methyl sites for hydroxylation is 2. The number of nitrogens with zero attached hydrogens (tertiary/aromatic N) is 1. The lowest BCUT2D eigenvalue weighted by atomic mass is 9.97. The summed E-state index contributed by atoms with van der Waals surface area (Å²) in [6.45, 7) is 0.897. The third-order valence-electron chi connectivity index (χ3n) is 6.13. The first-order valence-electron chi connectivity index (χ1n) is 11.3. The number of hydrogen-bond donors (Lipinski definition) is 4. The van der Waals surface area contributed by atoms with Crippen molar-refractivity contribution in [3.05, 3.63) is 65.0 Å². The van der Waals surface area contributed by atoms with Crippen LogP contribution in [0.4, 0.5) is 10.1 Å². The molecule has 1 saturated heterocycles. The minimum Gasteiger partial charge on any atom is -0.480 e. The zero-order valence-corrected chi connectivity index (χ0v) is 21.2. The van der Waals surface area contributed by atoms with Gasteiger partial charge in [-0.15, -0.1) is 0 Å². The molecule has 9 heteroatoms. The number of benzene rings is 2. The number of carboxylic acids is 1. The minimum atomic E-state index is -1.04. The molecule has 0 aliphatic carbocycles. The molecule has 0 saturated carbocycles. The molecule has 0 spiro atoms. The third kappa shape index (κ3) is 6.90. The highest BCUT2D eigenvalue weighted by Crippen LogP contribution is 2.26. The van der Waals surface area contributed by atoms with Gasteiger partial charge in [-0.25, -0.2) is 9.18 Å². The molecule has 6 nitrogen and oxygen atoms in total. The van der Waals surface area contributed by atoms with Crippen LogP contribution in [0.3, 0.4) is 0 Å². The molecule has 1 fully saturated rings. The molecule has 0 bridgehead atoms. The summed E-state index contributed by atoms with van der Waals surface area (Å²) in [5.74, 6) is -1.10. The van der Waals surface area contributed by atoms with Crippen LogP contribution in [-0.4, -0.2) is 60.0 Å². The van der Waals surface area contributed by atoms with Gasteiger partial charge in [-0.2, -0.15) is 24.4 Å². The number of thioether (sulfide) groups is 1. The van der Waals surface area contributed by atoms with E-state index in [-0.39, 0.29) is 17.2 Å². The van der Waals surface area contributed by atoms with Crippen molar-refractivity contribution in [2.24, 2.45) is 0 Å². The lowest BCUT2D eigenvalue weighted by Crippen LogP contribution is -2.44. The van der Waals surface area contributed by atoms with E-state index in [0.29, 0.717) is 30.6 Å². The molecule has 2 aromatic rings. The Labute approximate surface area is 210 Å². The van der Waals surface area contributed by atoms with Gasteiger partial charge in [0.25, 0.3) is 5.91 Å². The summed E-state index contributed by atoms with van der Waals surface area (Å²) in [6, 6.07) is 11.0. The molecule has 2 unspecified atom stereocenters. The predicted octanol–water partition coefficient (Wildman–Crippen LogP) is 3.60. The summed E-state index contributed by atoms with van der Waals surface area (Å²) in [7, 11) is 1.99. The number of amides is 1. The first-order valence-corrected chi connectivity index (χ1v) is 13.3. The predicted molar refractivity (Wildman–Crippen MR) is 140 cm³/mol. The monoisotopic (exact) mass is 505 g/mol. The van der Waals surface area contributed by atoms with Gasteiger partial charge in [0, 0.05) is 23.5 Å². The van der Waals surface area contributed by atoms with E-state index in [4.69, 9.17) is 0 Å². The fourth-order valence-corrected chi connectivity index (χ4v) is 5.02. The van der Waals surface area contributed by atoms with E-state index in [1.807, 2.05) is 25.4 Å². The summed E-state index contributed by atoms with van der Waals surface area (Å²) in [5, 5.41) is 15.9. The SMILES string of the molecule is CSCC[C@H](NC(=O)c1ccc(N(C)C2NCCC2S)cc1CCc1ccc(F)cc1)C(=O)O. The maximum atomic E-state index is 13.3. The van der Waals surface area contributed by atoms with Gasteiger partial charge in [-0.1, -0.05) is 12.1 Å². The highest BCUT2D eigenvalue weighted by atomic mass is 32.2. The van der Waals surface area contributed by atoms with Crippen molar-refractivity contribution in [3.8, 4) is 0 Å². The lowest BCUT2D eigenvalue weighted by molar-refractivity contribution is -0.139. The number of carboxylic acid groups (broad SMARTS) is 1. The Bertz CT molecular complexity index is 990. The number of carbonyl (C=O) groups excluding carboxylic acids is 1. The molecule has 1 aliphatic heterocycles. The molecule has 1 aliphatic rings. The van der Waals surface area contributed by atoms with Crippen LogP contribution in [0, 0.1) is 5.82 Å². The molecule has 3 atom stereocenters. The van der Waals surface area contributed by atoms with Crippen molar-refractivity contribution >= 4 is 42.0 Å². The van der Waals surface area contributed by atoms with E-state index in [1.54, 1.807) is 18.2 Å². The Morgan fingerprint density at radius 2 is 2.00 bits per heavy atom. The van der Waals surface area contributed by atoms with E-state index in [9.17, 15) is 19.1 Å². The standard InChI is InChI=1S/C25H32FN3O3S2/c1-29(23-22(33)11-13-27-23)19-9-10-20(24(30)28-21(25(31)32)12-14-34-2)17(15-19)6-3-16-4-7-18(26)8-5-16/h4-5,7-10,15,21-23,27,33H,3,6,11-14H2,1-2H3,(H,28,30)(H,31,32)/t21-,22?,23?/m0/s1. The zero-order chi connectivity index (χ0) is 24.7. The minimum absolute atomic E-state index is 0.0795. The van der Waals surface area contributed by atoms with Gasteiger partial charge in [-0.3, -0.25) is 10.1 Å². The topological polar surface area (TPSA) is 81.7 Å². The second kappa shape index (κ2) is 12.5. The number of halogens is 1. The van der Waals surface area contributed by atoms with E-state index in [1.165, 1.54) is 23.9 Å². The highest BCUT2D eigenvalue weighted by Gasteiger charge is 2.28. The summed E-state index contributed by atoms with van der Waals surface area (Å²) in [5.41, 5.74) is 3.18. The van der Waals surface area contributed by atoms with Gasteiger partial charge in [0.05, 0.1) is 6.17 Å². The molecular formula is C25H32FN3O3S2. The van der Waals surface area contributed by atoms with Crippen LogP contribution < -0.4 is 15.5 Å². The normalized spacial score (nSPS) is 18.5. The molecule has 1 heterocycles. The Kier molecular flexibility index (Phi) is 9.67. The van der Waals surface area contributed by atoms with E-state index < -0.39 is 17.9 Å². The Hall–Kier alpha value is -2.23. The van der Waals surface area contributed by atoms with E-state index >= 15 is 0 Å². The fourth-order valence-electron chi connectivity index (χ4n) is 4.12. The number of nitrogens with one attached hydrogen (secondary N) is 2. The van der Waals surface area contributed by atoms with Crippen LogP contribution in [0.15, 0.2) is 42.5 Å². The first kappa shape index (κ1) is 26.4. The average molecular weight is 506 g/mol. The quantitative estimate of drug-likeness (QED) is 0.350. The van der Waals surface area contributed by atoms with Crippen LogP contribution in [0.5, 0.6) is 0 Å². The van der Waals surface area contributed by atoms with E-state index in [2.05, 4.69) is 28.2 Å². The van der Waals surface area contributed by atoms with Gasteiger partial charge < -0.3 is 15.3 Å². The first-order chi connectivity index (χ1) is 16.3. The third-order valence-corrected chi connectivity index (χ3v) is 7.31. The summed E-state index contributed by atoms with van der Waals surface area (Å²) >= 11 is 6.22. The number of anilines is 1.